The van der Waals surface area contributed by atoms with Crippen LogP contribution in [0, 0.1) is 0 Å². The maximum Gasteiger partial charge on any atom is 0.255 e. The number of carbonyl (C=O) groups is 1. The fourth-order valence-corrected chi connectivity index (χ4v) is 1.91. The van der Waals surface area contributed by atoms with E-state index >= 15 is 0 Å². The molecule has 1 amide bonds. The third-order valence-corrected chi connectivity index (χ3v) is 2.71. The van der Waals surface area contributed by atoms with Crippen molar-refractivity contribution in [3.63, 3.8) is 0 Å². The molecule has 1 atom stereocenters. The molecule has 5 heteroatoms. The van der Waals surface area contributed by atoms with Crippen molar-refractivity contribution in [1.29, 1.82) is 0 Å². The highest BCUT2D eigenvalue weighted by Gasteiger charge is 2.21. The standard InChI is InChI=1S/C12H16N2O3/c1-9-8-14(3-2-4-17-9)12(16)10-5-11(15)7-13-6-10/h5-7,9,15H,2-4,8H2,1H3. The summed E-state index contributed by atoms with van der Waals surface area (Å²) in [6.45, 7) is 3.89. The van der Waals surface area contributed by atoms with Gasteiger partial charge < -0.3 is 14.7 Å². The molecule has 0 spiro atoms. The Hall–Kier alpha value is -1.62. The number of hydrogen-bond donors (Lipinski definition) is 1. The summed E-state index contributed by atoms with van der Waals surface area (Å²) in [5.41, 5.74) is 0.416. The van der Waals surface area contributed by atoms with Crippen molar-refractivity contribution < 1.29 is 14.6 Å². The normalized spacial score (nSPS) is 21.0. The van der Waals surface area contributed by atoms with Gasteiger partial charge in [-0.3, -0.25) is 9.78 Å². The van der Waals surface area contributed by atoms with Crippen LogP contribution in [-0.4, -0.2) is 46.7 Å². The van der Waals surface area contributed by atoms with Crippen LogP contribution in [-0.2, 0) is 4.74 Å². The third kappa shape index (κ3) is 2.94. The van der Waals surface area contributed by atoms with E-state index in [1.165, 1.54) is 18.5 Å². The smallest absolute Gasteiger partial charge is 0.255 e. The van der Waals surface area contributed by atoms with E-state index in [0.717, 1.165) is 6.42 Å². The Balaban J connectivity index is 2.13. The van der Waals surface area contributed by atoms with Crippen LogP contribution < -0.4 is 0 Å². The first kappa shape index (κ1) is 11.9. The van der Waals surface area contributed by atoms with Crippen molar-refractivity contribution >= 4 is 5.91 Å². The minimum Gasteiger partial charge on any atom is -0.506 e. The van der Waals surface area contributed by atoms with Crippen LogP contribution in [0.5, 0.6) is 5.75 Å². The Morgan fingerprint density at radius 1 is 1.59 bits per heavy atom. The lowest BCUT2D eigenvalue weighted by Gasteiger charge is -2.22. The zero-order chi connectivity index (χ0) is 12.3. The number of aromatic nitrogens is 1. The summed E-state index contributed by atoms with van der Waals surface area (Å²) in [5.74, 6) is -0.0966. The molecule has 0 aromatic carbocycles. The molecule has 0 saturated carbocycles. The van der Waals surface area contributed by atoms with Crippen molar-refractivity contribution in [3.8, 4) is 5.75 Å². The molecular weight excluding hydrogens is 220 g/mol. The van der Waals surface area contributed by atoms with Crippen LogP contribution in [0.4, 0.5) is 0 Å². The quantitative estimate of drug-likeness (QED) is 0.791. The first-order valence-corrected chi connectivity index (χ1v) is 5.71. The number of nitrogens with zero attached hydrogens (tertiary/aromatic N) is 2. The second kappa shape index (κ2) is 5.14. The van der Waals surface area contributed by atoms with Gasteiger partial charge in [-0.2, -0.15) is 0 Å². The Bertz CT molecular complexity index is 408. The Morgan fingerprint density at radius 2 is 2.41 bits per heavy atom. The highest BCUT2D eigenvalue weighted by atomic mass is 16.5. The maximum atomic E-state index is 12.2. The molecule has 1 unspecified atom stereocenters. The Morgan fingerprint density at radius 3 is 3.18 bits per heavy atom. The first-order chi connectivity index (χ1) is 8.16. The Kier molecular flexibility index (Phi) is 3.58. The molecule has 1 fully saturated rings. The summed E-state index contributed by atoms with van der Waals surface area (Å²) in [7, 11) is 0. The summed E-state index contributed by atoms with van der Waals surface area (Å²) in [6, 6.07) is 1.44. The van der Waals surface area contributed by atoms with Gasteiger partial charge in [-0.05, 0) is 19.4 Å². The van der Waals surface area contributed by atoms with Gasteiger partial charge in [0, 0.05) is 25.9 Å². The topological polar surface area (TPSA) is 62.7 Å². The molecule has 1 aliphatic rings. The van der Waals surface area contributed by atoms with E-state index in [1.807, 2.05) is 6.92 Å². The minimum absolute atomic E-state index is 0.00923. The van der Waals surface area contributed by atoms with Crippen LogP contribution in [0.15, 0.2) is 18.5 Å². The fraction of sp³-hybridized carbons (Fsp3) is 0.500. The molecule has 92 valence electrons. The molecule has 1 aliphatic heterocycles. The van der Waals surface area contributed by atoms with Crippen molar-refractivity contribution in [2.24, 2.45) is 0 Å². The molecule has 5 nitrogen and oxygen atoms in total. The van der Waals surface area contributed by atoms with Crippen LogP contribution in [0.2, 0.25) is 0 Å². The SMILES string of the molecule is CC1CN(C(=O)c2cncc(O)c2)CCCO1. The van der Waals surface area contributed by atoms with Gasteiger partial charge in [-0.15, -0.1) is 0 Å². The zero-order valence-electron chi connectivity index (χ0n) is 9.80. The number of ether oxygens (including phenoxy) is 1. The highest BCUT2D eigenvalue weighted by Crippen LogP contribution is 2.13. The monoisotopic (exact) mass is 236 g/mol. The van der Waals surface area contributed by atoms with Crippen LogP contribution in [0.3, 0.4) is 0 Å². The number of pyridine rings is 1. The number of rotatable bonds is 1. The van der Waals surface area contributed by atoms with Gasteiger partial charge in [-0.1, -0.05) is 0 Å². The Labute approximate surface area is 100 Å². The molecule has 1 aromatic heterocycles. The summed E-state index contributed by atoms with van der Waals surface area (Å²) in [5, 5.41) is 9.31. The summed E-state index contributed by atoms with van der Waals surface area (Å²) in [4.78, 5) is 17.7. The molecular formula is C12H16N2O3. The molecule has 2 rings (SSSR count). The van der Waals surface area contributed by atoms with E-state index in [1.54, 1.807) is 4.90 Å². The van der Waals surface area contributed by atoms with E-state index in [4.69, 9.17) is 4.74 Å². The number of carbonyl (C=O) groups excluding carboxylic acids is 1. The van der Waals surface area contributed by atoms with Crippen LogP contribution >= 0.6 is 0 Å². The number of hydrogen-bond acceptors (Lipinski definition) is 4. The maximum absolute atomic E-state index is 12.2. The molecule has 0 bridgehead atoms. The molecule has 1 saturated heterocycles. The van der Waals surface area contributed by atoms with Crippen molar-refractivity contribution in [2.45, 2.75) is 19.4 Å². The van der Waals surface area contributed by atoms with Crippen LogP contribution in [0.25, 0.3) is 0 Å². The average molecular weight is 236 g/mol. The summed E-state index contributed by atoms with van der Waals surface area (Å²) >= 11 is 0. The van der Waals surface area contributed by atoms with E-state index in [9.17, 15) is 9.90 Å². The van der Waals surface area contributed by atoms with E-state index in [2.05, 4.69) is 4.98 Å². The van der Waals surface area contributed by atoms with Gasteiger partial charge in [0.25, 0.3) is 5.91 Å². The first-order valence-electron chi connectivity index (χ1n) is 5.71. The van der Waals surface area contributed by atoms with Crippen LogP contribution in [0.1, 0.15) is 23.7 Å². The predicted molar refractivity (Wildman–Crippen MR) is 61.8 cm³/mol. The average Bonchev–Trinajstić information content (AvgIpc) is 2.53. The third-order valence-electron chi connectivity index (χ3n) is 2.71. The largest absolute Gasteiger partial charge is 0.506 e. The second-order valence-electron chi connectivity index (χ2n) is 4.22. The van der Waals surface area contributed by atoms with Gasteiger partial charge in [0.05, 0.1) is 17.9 Å². The van der Waals surface area contributed by atoms with E-state index in [-0.39, 0.29) is 17.8 Å². The van der Waals surface area contributed by atoms with E-state index < -0.39 is 0 Å². The lowest BCUT2D eigenvalue weighted by molar-refractivity contribution is 0.0562. The van der Waals surface area contributed by atoms with Gasteiger partial charge >= 0.3 is 0 Å². The molecule has 1 N–H and O–H groups in total. The minimum atomic E-state index is -0.106. The van der Waals surface area contributed by atoms with Crippen molar-refractivity contribution in [3.05, 3.63) is 24.0 Å². The van der Waals surface area contributed by atoms with Crippen molar-refractivity contribution in [1.82, 2.24) is 9.88 Å². The molecule has 0 aliphatic carbocycles. The highest BCUT2D eigenvalue weighted by molar-refractivity contribution is 5.94. The summed E-state index contributed by atoms with van der Waals surface area (Å²) in [6.07, 6.45) is 3.66. The van der Waals surface area contributed by atoms with Gasteiger partial charge in [0.15, 0.2) is 0 Å². The second-order valence-corrected chi connectivity index (χ2v) is 4.22. The van der Waals surface area contributed by atoms with Gasteiger partial charge in [-0.25, -0.2) is 0 Å². The van der Waals surface area contributed by atoms with Crippen molar-refractivity contribution in [2.75, 3.05) is 19.7 Å². The van der Waals surface area contributed by atoms with E-state index in [0.29, 0.717) is 25.3 Å². The van der Waals surface area contributed by atoms with Gasteiger partial charge in [0.1, 0.15) is 5.75 Å². The molecule has 0 radical (unpaired) electrons. The number of amides is 1. The lowest BCUT2D eigenvalue weighted by atomic mass is 10.2. The molecule has 17 heavy (non-hydrogen) atoms. The fourth-order valence-electron chi connectivity index (χ4n) is 1.91. The molecule has 2 heterocycles. The number of aromatic hydroxyl groups is 1. The zero-order valence-corrected chi connectivity index (χ0v) is 9.80. The van der Waals surface area contributed by atoms with Gasteiger partial charge in [0.2, 0.25) is 0 Å². The predicted octanol–water partition coefficient (Wildman–Crippen LogP) is 1.04. The summed E-state index contributed by atoms with van der Waals surface area (Å²) < 4.78 is 5.48. The molecule has 1 aromatic rings. The lowest BCUT2D eigenvalue weighted by Crippen LogP contribution is -2.35.